The molecule has 1 fully saturated rings. The Kier molecular flexibility index (Phi) is 7.11. The molecule has 8 nitrogen and oxygen atoms in total. The van der Waals surface area contributed by atoms with Crippen LogP contribution in [0.15, 0.2) is 54.6 Å². The summed E-state index contributed by atoms with van der Waals surface area (Å²) in [6, 6.07) is 16.5. The number of aryl methyl sites for hydroxylation is 1. The number of halogens is 1. The molecule has 1 aromatic heterocycles. The highest BCUT2D eigenvalue weighted by molar-refractivity contribution is 5.95. The average molecular weight is 514 g/mol. The largest absolute Gasteiger partial charge is 0.399 e. The molecule has 1 aliphatic rings. The number of nitrogens with zero attached hydrogens (tertiary/aromatic N) is 4. The van der Waals surface area contributed by atoms with Gasteiger partial charge in [0.25, 0.3) is 0 Å². The molecular weight excluding hydrogens is 481 g/mol. The number of aromatic nitrogens is 2. The van der Waals surface area contributed by atoms with Gasteiger partial charge in [-0.15, -0.1) is 0 Å². The molecule has 1 aliphatic heterocycles. The van der Waals surface area contributed by atoms with Gasteiger partial charge in [0, 0.05) is 48.8 Å². The Hall–Kier alpha value is -4.24. The molecule has 0 radical (unpaired) electrons. The molecule has 5 rings (SSSR count). The molecule has 38 heavy (non-hydrogen) atoms. The first-order valence-electron chi connectivity index (χ1n) is 12.8. The number of piperazine rings is 1. The van der Waals surface area contributed by atoms with Crippen molar-refractivity contribution in [1.82, 2.24) is 14.9 Å². The lowest BCUT2D eigenvalue weighted by Gasteiger charge is -2.35. The fourth-order valence-electron chi connectivity index (χ4n) is 4.91. The van der Waals surface area contributed by atoms with Gasteiger partial charge in [-0.3, -0.25) is 4.79 Å². The molecule has 0 bridgehead atoms. The lowest BCUT2D eigenvalue weighted by molar-refractivity contribution is -0.115. The lowest BCUT2D eigenvalue weighted by atomic mass is 9.97. The minimum Gasteiger partial charge on any atom is -0.399 e. The molecule has 3 aromatic carbocycles. The number of benzene rings is 3. The normalized spacial score (nSPS) is 14.1. The van der Waals surface area contributed by atoms with E-state index in [0.29, 0.717) is 28.0 Å². The van der Waals surface area contributed by atoms with Crippen LogP contribution in [0.4, 0.5) is 27.3 Å². The second-order valence-corrected chi connectivity index (χ2v) is 9.61. The van der Waals surface area contributed by atoms with Gasteiger partial charge in [0.05, 0.1) is 17.3 Å². The van der Waals surface area contributed by atoms with Crippen LogP contribution >= 0.6 is 0 Å². The van der Waals surface area contributed by atoms with Crippen LogP contribution in [0.2, 0.25) is 0 Å². The lowest BCUT2D eigenvalue weighted by Crippen LogP contribution is -2.46. The van der Waals surface area contributed by atoms with Gasteiger partial charge in [-0.2, -0.15) is 0 Å². The van der Waals surface area contributed by atoms with Crippen molar-refractivity contribution < 1.29 is 9.18 Å². The molecule has 1 saturated heterocycles. The second-order valence-electron chi connectivity index (χ2n) is 9.61. The number of hydrogen-bond donors (Lipinski definition) is 3. The first-order chi connectivity index (χ1) is 18.3. The fraction of sp³-hybridized carbons (Fsp3) is 0.276. The molecular formula is C29H32FN7O. The predicted octanol–water partition coefficient (Wildman–Crippen LogP) is 4.23. The molecule has 0 unspecified atom stereocenters. The van der Waals surface area contributed by atoms with Crippen LogP contribution < -0.4 is 21.7 Å². The Bertz CT molecular complexity index is 1480. The number of fused-ring (bicyclic) bond motifs is 1. The van der Waals surface area contributed by atoms with Crippen molar-refractivity contribution in [2.75, 3.05) is 54.4 Å². The molecule has 9 heteroatoms. The number of carbonyl (C=O) groups excluding carboxylic acids is 1. The number of nitrogens with one attached hydrogen (secondary N) is 1. The predicted molar refractivity (Wildman–Crippen MR) is 152 cm³/mol. The Labute approximate surface area is 221 Å². The van der Waals surface area contributed by atoms with Gasteiger partial charge in [0.2, 0.25) is 5.91 Å². The number of anilines is 4. The number of rotatable bonds is 6. The summed E-state index contributed by atoms with van der Waals surface area (Å²) in [4.78, 5) is 26.2. The molecule has 0 atom stereocenters. The van der Waals surface area contributed by atoms with Crippen LogP contribution in [0, 0.1) is 12.7 Å². The van der Waals surface area contributed by atoms with Crippen molar-refractivity contribution in [3.63, 3.8) is 0 Å². The quantitative estimate of drug-likeness (QED) is 0.331. The number of likely N-dealkylation sites (N-methyl/N-ethyl adjacent to an activating group) is 1. The van der Waals surface area contributed by atoms with E-state index in [0.717, 1.165) is 44.0 Å². The van der Waals surface area contributed by atoms with Crippen LogP contribution in [0.1, 0.15) is 18.3 Å². The topological polar surface area (TPSA) is 113 Å². The SMILES string of the molecule is CCN1CCN(c2ccc(NC(=O)Cc3nc(N)c4c(F)c(-c5cc(N)ccc5C)ccc4n3)cc2)CC1. The van der Waals surface area contributed by atoms with E-state index in [9.17, 15) is 4.79 Å². The highest BCUT2D eigenvalue weighted by Crippen LogP contribution is 2.33. The summed E-state index contributed by atoms with van der Waals surface area (Å²) in [6.07, 6.45) is -0.0848. The van der Waals surface area contributed by atoms with E-state index >= 15 is 4.39 Å². The number of amides is 1. The summed E-state index contributed by atoms with van der Waals surface area (Å²) in [5.41, 5.74) is 16.7. The molecule has 0 spiro atoms. The van der Waals surface area contributed by atoms with Crippen LogP contribution in [0.5, 0.6) is 0 Å². The molecule has 0 saturated carbocycles. The highest BCUT2D eigenvalue weighted by Gasteiger charge is 2.18. The van der Waals surface area contributed by atoms with Gasteiger partial charge in [-0.05, 0) is 73.1 Å². The van der Waals surface area contributed by atoms with Crippen LogP contribution in [0.3, 0.4) is 0 Å². The van der Waals surface area contributed by atoms with Gasteiger partial charge in [0.1, 0.15) is 17.5 Å². The van der Waals surface area contributed by atoms with Crippen molar-refractivity contribution in [3.05, 3.63) is 71.8 Å². The summed E-state index contributed by atoms with van der Waals surface area (Å²) in [7, 11) is 0. The zero-order valence-corrected chi connectivity index (χ0v) is 21.7. The van der Waals surface area contributed by atoms with E-state index in [4.69, 9.17) is 11.5 Å². The minimum absolute atomic E-state index is 0.00812. The maximum absolute atomic E-state index is 15.5. The van der Waals surface area contributed by atoms with E-state index in [-0.39, 0.29) is 29.4 Å². The van der Waals surface area contributed by atoms with Gasteiger partial charge >= 0.3 is 0 Å². The molecule has 1 amide bonds. The van der Waals surface area contributed by atoms with Gasteiger partial charge in [0.15, 0.2) is 0 Å². The monoisotopic (exact) mass is 513 g/mol. The third kappa shape index (κ3) is 5.24. The summed E-state index contributed by atoms with van der Waals surface area (Å²) >= 11 is 0. The first kappa shape index (κ1) is 25.4. The summed E-state index contributed by atoms with van der Waals surface area (Å²) in [5.74, 6) is -0.571. The standard InChI is InChI=1S/C29H32FN7O/c1-3-36-12-14-37(15-13-36)21-8-6-20(7-9-21)33-26(38)17-25-34-24-11-10-22(28(30)27(24)29(32)35-25)23-16-19(31)5-4-18(23)2/h4-11,16H,3,12-15,17,31H2,1-2H3,(H,33,38)(H2,32,34,35). The highest BCUT2D eigenvalue weighted by atomic mass is 19.1. The number of carbonyl (C=O) groups is 1. The minimum atomic E-state index is -0.513. The smallest absolute Gasteiger partial charge is 0.232 e. The Morgan fingerprint density at radius 3 is 2.42 bits per heavy atom. The Morgan fingerprint density at radius 1 is 0.974 bits per heavy atom. The summed E-state index contributed by atoms with van der Waals surface area (Å²) in [6.45, 7) is 9.22. The number of hydrogen-bond acceptors (Lipinski definition) is 7. The number of nitrogens with two attached hydrogens (primary N) is 2. The first-order valence-corrected chi connectivity index (χ1v) is 12.8. The van der Waals surface area contributed by atoms with Gasteiger partial charge < -0.3 is 26.6 Å². The van der Waals surface area contributed by atoms with E-state index < -0.39 is 5.82 Å². The van der Waals surface area contributed by atoms with Crippen molar-refractivity contribution in [2.45, 2.75) is 20.3 Å². The van der Waals surface area contributed by atoms with Crippen LogP contribution in [-0.2, 0) is 11.2 Å². The van der Waals surface area contributed by atoms with Crippen molar-refractivity contribution in [2.24, 2.45) is 0 Å². The molecule has 4 aromatic rings. The second kappa shape index (κ2) is 10.6. The summed E-state index contributed by atoms with van der Waals surface area (Å²) in [5, 5.41) is 3.01. The Morgan fingerprint density at radius 2 is 1.71 bits per heavy atom. The van der Waals surface area contributed by atoms with Crippen LogP contribution in [-0.4, -0.2) is 53.5 Å². The van der Waals surface area contributed by atoms with Crippen molar-refractivity contribution in [3.8, 4) is 11.1 Å². The molecule has 0 aliphatic carbocycles. The maximum atomic E-state index is 15.5. The van der Waals surface area contributed by atoms with Crippen molar-refractivity contribution in [1.29, 1.82) is 0 Å². The van der Waals surface area contributed by atoms with Crippen molar-refractivity contribution >= 4 is 39.7 Å². The van der Waals surface area contributed by atoms with E-state index in [1.807, 2.05) is 37.3 Å². The molecule has 2 heterocycles. The number of nitrogen functional groups attached to an aromatic ring is 2. The molecule has 196 valence electrons. The third-order valence-electron chi connectivity index (χ3n) is 7.08. The molecule has 5 N–H and O–H groups in total. The fourth-order valence-corrected chi connectivity index (χ4v) is 4.91. The summed E-state index contributed by atoms with van der Waals surface area (Å²) < 4.78 is 15.5. The zero-order chi connectivity index (χ0) is 26.8. The van der Waals surface area contributed by atoms with E-state index in [2.05, 4.69) is 32.0 Å². The zero-order valence-electron chi connectivity index (χ0n) is 21.7. The van der Waals surface area contributed by atoms with Crippen LogP contribution in [0.25, 0.3) is 22.0 Å². The maximum Gasteiger partial charge on any atom is 0.232 e. The third-order valence-corrected chi connectivity index (χ3v) is 7.08. The van der Waals surface area contributed by atoms with E-state index in [1.165, 1.54) is 0 Å². The Balaban J connectivity index is 1.29. The van der Waals surface area contributed by atoms with E-state index in [1.54, 1.807) is 24.3 Å². The van der Waals surface area contributed by atoms with Gasteiger partial charge in [-0.1, -0.05) is 13.0 Å². The average Bonchev–Trinajstić information content (AvgIpc) is 2.90. The van der Waals surface area contributed by atoms with Gasteiger partial charge in [-0.25, -0.2) is 14.4 Å².